The number of hydrogen-bond acceptors (Lipinski definition) is 3. The van der Waals surface area contributed by atoms with Crippen LogP contribution in [0.3, 0.4) is 0 Å². The average molecular weight is 413 g/mol. The van der Waals surface area contributed by atoms with E-state index < -0.39 is 0 Å². The summed E-state index contributed by atoms with van der Waals surface area (Å²) in [6.07, 6.45) is 0. The van der Waals surface area contributed by atoms with Gasteiger partial charge in [-0.25, -0.2) is 0 Å². The minimum Gasteiger partial charge on any atom is -0.332 e. The van der Waals surface area contributed by atoms with Crippen molar-refractivity contribution in [1.29, 1.82) is 0 Å². The third kappa shape index (κ3) is 6.10. The van der Waals surface area contributed by atoms with Crippen molar-refractivity contribution in [3.63, 3.8) is 0 Å². The van der Waals surface area contributed by atoms with Gasteiger partial charge in [0.15, 0.2) is 10.9 Å². The molecule has 0 spiro atoms. The maximum Gasteiger partial charge on any atom is 0.175 e. The summed E-state index contributed by atoms with van der Waals surface area (Å²) < 4.78 is 0. The number of rotatable bonds is 6. The first-order chi connectivity index (χ1) is 13.1. The molecule has 3 aromatic carbocycles. The molecule has 0 fully saturated rings. The van der Waals surface area contributed by atoms with Crippen LogP contribution in [0.1, 0.15) is 10.4 Å². The van der Waals surface area contributed by atoms with Gasteiger partial charge in [-0.15, -0.1) is 11.8 Å². The molecule has 0 unspecified atom stereocenters. The maximum absolute atomic E-state index is 12.3. The number of halogens is 1. The van der Waals surface area contributed by atoms with Crippen molar-refractivity contribution in [3.05, 3.63) is 89.4 Å². The Hall–Kier alpha value is -2.34. The molecule has 0 bridgehead atoms. The molecule has 0 amide bonds. The van der Waals surface area contributed by atoms with Crippen LogP contribution in [-0.2, 0) is 0 Å². The molecule has 0 aliphatic carbocycles. The first-order valence-electron chi connectivity index (χ1n) is 8.25. The standard InChI is InChI=1S/C21H17ClN2OS2/c22-16-11-9-15(10-12-16)20(25)14-27-19-8-4-7-18(13-19)24-21(26)23-17-5-2-1-3-6-17/h1-13H,14H2,(H2,23,24,26). The Morgan fingerprint density at radius 3 is 2.30 bits per heavy atom. The number of thioether (sulfide) groups is 1. The van der Waals surface area contributed by atoms with Crippen LogP contribution in [0.4, 0.5) is 11.4 Å². The number of carbonyl (C=O) groups excluding carboxylic acids is 1. The molecule has 0 heterocycles. The Labute approximate surface area is 173 Å². The zero-order valence-corrected chi connectivity index (χ0v) is 16.7. The number of anilines is 2. The fraction of sp³-hybridized carbons (Fsp3) is 0.0476. The van der Waals surface area contributed by atoms with Crippen molar-refractivity contribution in [2.75, 3.05) is 16.4 Å². The van der Waals surface area contributed by atoms with E-state index in [2.05, 4.69) is 10.6 Å². The lowest BCUT2D eigenvalue weighted by atomic mass is 10.1. The van der Waals surface area contributed by atoms with Crippen LogP contribution in [0, 0.1) is 0 Å². The lowest BCUT2D eigenvalue weighted by molar-refractivity contribution is 0.102. The van der Waals surface area contributed by atoms with Crippen molar-refractivity contribution in [2.24, 2.45) is 0 Å². The average Bonchev–Trinajstić information content (AvgIpc) is 2.67. The van der Waals surface area contributed by atoms with E-state index in [4.69, 9.17) is 23.8 Å². The minimum atomic E-state index is 0.0660. The van der Waals surface area contributed by atoms with Gasteiger partial charge in [0.2, 0.25) is 0 Å². The second kappa shape index (κ2) is 9.55. The van der Waals surface area contributed by atoms with Gasteiger partial charge in [0.05, 0.1) is 5.75 Å². The van der Waals surface area contributed by atoms with E-state index in [0.29, 0.717) is 21.5 Å². The van der Waals surface area contributed by atoms with Crippen LogP contribution >= 0.6 is 35.6 Å². The van der Waals surface area contributed by atoms with Crippen LogP contribution in [0.5, 0.6) is 0 Å². The molecule has 6 heteroatoms. The number of para-hydroxylation sites is 1. The van der Waals surface area contributed by atoms with Crippen molar-refractivity contribution >= 4 is 57.9 Å². The number of benzene rings is 3. The predicted octanol–water partition coefficient (Wildman–Crippen LogP) is 6.12. The Kier molecular flexibility index (Phi) is 6.87. The predicted molar refractivity (Wildman–Crippen MR) is 119 cm³/mol. The number of Topliss-reactive ketones (excluding diaryl/α,β-unsaturated/α-hetero) is 1. The van der Waals surface area contributed by atoms with Gasteiger partial charge in [-0.2, -0.15) is 0 Å². The maximum atomic E-state index is 12.3. The highest BCUT2D eigenvalue weighted by Gasteiger charge is 2.07. The first kappa shape index (κ1) is 19.4. The summed E-state index contributed by atoms with van der Waals surface area (Å²) in [5.74, 6) is 0.425. The van der Waals surface area contributed by atoms with Crippen LogP contribution < -0.4 is 10.6 Å². The summed E-state index contributed by atoms with van der Waals surface area (Å²) >= 11 is 12.7. The Balaban J connectivity index is 1.56. The smallest absolute Gasteiger partial charge is 0.175 e. The zero-order valence-electron chi connectivity index (χ0n) is 14.3. The first-order valence-corrected chi connectivity index (χ1v) is 10.0. The number of nitrogens with one attached hydrogen (secondary N) is 2. The van der Waals surface area contributed by atoms with Gasteiger partial charge in [-0.1, -0.05) is 35.9 Å². The summed E-state index contributed by atoms with van der Waals surface area (Å²) in [5.41, 5.74) is 2.45. The van der Waals surface area contributed by atoms with E-state index in [1.54, 1.807) is 24.3 Å². The fourth-order valence-electron chi connectivity index (χ4n) is 2.35. The molecule has 3 rings (SSSR count). The molecule has 0 radical (unpaired) electrons. The number of hydrogen-bond donors (Lipinski definition) is 2. The summed E-state index contributed by atoms with van der Waals surface area (Å²) in [7, 11) is 0. The molecule has 0 aliphatic heterocycles. The van der Waals surface area contributed by atoms with Crippen molar-refractivity contribution in [1.82, 2.24) is 0 Å². The van der Waals surface area contributed by atoms with E-state index in [0.717, 1.165) is 16.3 Å². The third-order valence-corrected chi connectivity index (χ3v) is 5.11. The van der Waals surface area contributed by atoms with Crippen LogP contribution in [0.25, 0.3) is 0 Å². The molecule has 0 aromatic heterocycles. The van der Waals surface area contributed by atoms with Gasteiger partial charge in [0.25, 0.3) is 0 Å². The summed E-state index contributed by atoms with van der Waals surface area (Å²) in [6.45, 7) is 0. The topological polar surface area (TPSA) is 41.1 Å². The molecule has 2 N–H and O–H groups in total. The molecular formula is C21H17ClN2OS2. The molecule has 0 aliphatic rings. The highest BCUT2D eigenvalue weighted by molar-refractivity contribution is 8.00. The molecule has 0 saturated carbocycles. The van der Waals surface area contributed by atoms with E-state index in [-0.39, 0.29) is 5.78 Å². The monoisotopic (exact) mass is 412 g/mol. The van der Waals surface area contributed by atoms with Crippen molar-refractivity contribution < 1.29 is 4.79 Å². The zero-order chi connectivity index (χ0) is 19.1. The summed E-state index contributed by atoms with van der Waals surface area (Å²) in [4.78, 5) is 13.3. The minimum absolute atomic E-state index is 0.0660. The molecule has 136 valence electrons. The Morgan fingerprint density at radius 2 is 1.56 bits per heavy atom. The van der Waals surface area contributed by atoms with Crippen LogP contribution in [0.2, 0.25) is 5.02 Å². The lowest BCUT2D eigenvalue weighted by Gasteiger charge is -2.11. The van der Waals surface area contributed by atoms with Crippen LogP contribution in [-0.4, -0.2) is 16.6 Å². The van der Waals surface area contributed by atoms with Crippen molar-refractivity contribution in [3.8, 4) is 0 Å². The van der Waals surface area contributed by atoms with Gasteiger partial charge >= 0.3 is 0 Å². The molecule has 0 atom stereocenters. The molecule has 27 heavy (non-hydrogen) atoms. The van der Waals surface area contributed by atoms with Gasteiger partial charge in [-0.05, 0) is 66.8 Å². The van der Waals surface area contributed by atoms with E-state index >= 15 is 0 Å². The molecular weight excluding hydrogens is 396 g/mol. The molecule has 0 saturated heterocycles. The Bertz CT molecular complexity index is 930. The van der Waals surface area contributed by atoms with Crippen LogP contribution in [0.15, 0.2) is 83.8 Å². The molecule has 3 aromatic rings. The van der Waals surface area contributed by atoms with E-state index in [1.807, 2.05) is 54.6 Å². The lowest BCUT2D eigenvalue weighted by Crippen LogP contribution is -2.18. The largest absolute Gasteiger partial charge is 0.332 e. The molecule has 3 nitrogen and oxygen atoms in total. The number of thiocarbonyl (C=S) groups is 1. The van der Waals surface area contributed by atoms with E-state index in [9.17, 15) is 4.79 Å². The summed E-state index contributed by atoms with van der Waals surface area (Å²) in [6, 6.07) is 24.5. The van der Waals surface area contributed by atoms with Crippen molar-refractivity contribution in [2.45, 2.75) is 4.90 Å². The SMILES string of the molecule is O=C(CSc1cccc(NC(=S)Nc2ccccc2)c1)c1ccc(Cl)cc1. The van der Waals surface area contributed by atoms with Gasteiger partial charge in [-0.3, -0.25) is 4.79 Å². The fourth-order valence-corrected chi connectivity index (χ4v) is 3.56. The van der Waals surface area contributed by atoms with Gasteiger partial charge < -0.3 is 10.6 Å². The van der Waals surface area contributed by atoms with Gasteiger partial charge in [0, 0.05) is 26.9 Å². The van der Waals surface area contributed by atoms with E-state index in [1.165, 1.54) is 11.8 Å². The number of carbonyl (C=O) groups is 1. The highest BCUT2D eigenvalue weighted by Crippen LogP contribution is 2.23. The number of ketones is 1. The second-order valence-corrected chi connectivity index (χ2v) is 7.59. The normalized spacial score (nSPS) is 10.3. The summed E-state index contributed by atoms with van der Waals surface area (Å²) in [5, 5.41) is 7.44. The van der Waals surface area contributed by atoms with Gasteiger partial charge in [0.1, 0.15) is 0 Å². The third-order valence-electron chi connectivity index (χ3n) is 3.66. The Morgan fingerprint density at radius 1 is 0.889 bits per heavy atom. The second-order valence-electron chi connectivity index (χ2n) is 5.69. The highest BCUT2D eigenvalue weighted by atomic mass is 35.5. The quantitative estimate of drug-likeness (QED) is 0.290.